The monoisotopic (exact) mass is 397 g/mol. The van der Waals surface area contributed by atoms with Gasteiger partial charge in [-0.2, -0.15) is 0 Å². The summed E-state index contributed by atoms with van der Waals surface area (Å²) in [5.41, 5.74) is 1.28. The van der Waals surface area contributed by atoms with Crippen LogP contribution in [-0.2, 0) is 10.0 Å². The van der Waals surface area contributed by atoms with Crippen molar-refractivity contribution in [1.29, 1.82) is 0 Å². The molecule has 0 radical (unpaired) electrons. The van der Waals surface area contributed by atoms with Gasteiger partial charge in [0.05, 0.1) is 9.82 Å². The highest BCUT2D eigenvalue weighted by atomic mass is 32.2. The number of nitro groups is 1. The number of anilines is 2. The fourth-order valence-electron chi connectivity index (χ4n) is 2.73. The van der Waals surface area contributed by atoms with Crippen LogP contribution in [0, 0.1) is 10.1 Å². The number of hydrogen-bond acceptors (Lipinski definition) is 5. The molecule has 28 heavy (non-hydrogen) atoms. The van der Waals surface area contributed by atoms with Crippen LogP contribution in [0.25, 0.3) is 0 Å². The molecule has 3 aromatic rings. The maximum atomic E-state index is 12.6. The van der Waals surface area contributed by atoms with Crippen LogP contribution >= 0.6 is 0 Å². The Balaban J connectivity index is 1.90. The predicted octanol–water partition coefficient (Wildman–Crippen LogP) is 4.57. The molecule has 3 aromatic carbocycles. The van der Waals surface area contributed by atoms with Crippen molar-refractivity contribution in [2.75, 3.05) is 10.0 Å². The molecule has 7 nitrogen and oxygen atoms in total. The van der Waals surface area contributed by atoms with Crippen LogP contribution in [-0.4, -0.2) is 13.3 Å². The summed E-state index contributed by atoms with van der Waals surface area (Å²) in [6, 6.07) is 21.4. The molecule has 0 spiro atoms. The molecule has 0 aliphatic carbocycles. The zero-order chi connectivity index (χ0) is 20.1. The number of para-hydroxylation sites is 1. The number of nitro benzene ring substituents is 1. The van der Waals surface area contributed by atoms with Crippen molar-refractivity contribution in [2.45, 2.75) is 17.9 Å². The first-order chi connectivity index (χ1) is 13.4. The summed E-state index contributed by atoms with van der Waals surface area (Å²) in [7, 11) is -3.95. The van der Waals surface area contributed by atoms with E-state index >= 15 is 0 Å². The summed E-state index contributed by atoms with van der Waals surface area (Å²) in [6.07, 6.45) is 0. The lowest BCUT2D eigenvalue weighted by atomic mass is 10.1. The molecule has 0 heterocycles. The Morgan fingerprint density at radius 2 is 1.54 bits per heavy atom. The molecule has 0 bridgehead atoms. The molecular formula is C20H19N3O4S. The Morgan fingerprint density at radius 1 is 0.929 bits per heavy atom. The number of nitrogens with one attached hydrogen (secondary N) is 2. The van der Waals surface area contributed by atoms with Crippen LogP contribution in [0.1, 0.15) is 18.5 Å². The number of hydrogen-bond donors (Lipinski definition) is 2. The SMILES string of the molecule is C[C@H](Nc1ccc(S(=O)(=O)Nc2ccccc2)cc1[N+](=O)[O-])c1ccccc1. The molecule has 0 aliphatic rings. The molecule has 0 fully saturated rings. The predicted molar refractivity (Wildman–Crippen MR) is 109 cm³/mol. The minimum atomic E-state index is -3.95. The molecule has 2 N–H and O–H groups in total. The third kappa shape index (κ3) is 4.47. The van der Waals surface area contributed by atoms with E-state index in [2.05, 4.69) is 10.0 Å². The van der Waals surface area contributed by atoms with Gasteiger partial charge < -0.3 is 5.32 Å². The van der Waals surface area contributed by atoms with Gasteiger partial charge in [0.15, 0.2) is 0 Å². The van der Waals surface area contributed by atoms with E-state index < -0.39 is 14.9 Å². The van der Waals surface area contributed by atoms with Crippen LogP contribution in [0.15, 0.2) is 83.8 Å². The van der Waals surface area contributed by atoms with E-state index in [1.54, 1.807) is 30.3 Å². The summed E-state index contributed by atoms with van der Waals surface area (Å²) < 4.78 is 27.6. The van der Waals surface area contributed by atoms with Crippen molar-refractivity contribution in [2.24, 2.45) is 0 Å². The Hall–Kier alpha value is -3.39. The number of benzene rings is 3. The molecule has 144 valence electrons. The van der Waals surface area contributed by atoms with Gasteiger partial charge in [-0.05, 0) is 36.8 Å². The van der Waals surface area contributed by atoms with Gasteiger partial charge in [-0.25, -0.2) is 8.42 Å². The average molecular weight is 397 g/mol. The first-order valence-electron chi connectivity index (χ1n) is 8.54. The van der Waals surface area contributed by atoms with Crippen molar-refractivity contribution >= 4 is 27.1 Å². The van der Waals surface area contributed by atoms with Crippen LogP contribution in [0.3, 0.4) is 0 Å². The Bertz CT molecular complexity index is 1070. The second kappa shape index (κ2) is 8.10. The summed E-state index contributed by atoms with van der Waals surface area (Å²) in [5.74, 6) is 0. The molecule has 0 saturated heterocycles. The lowest BCUT2D eigenvalue weighted by molar-refractivity contribution is -0.384. The normalized spacial score (nSPS) is 12.2. The van der Waals surface area contributed by atoms with E-state index in [1.165, 1.54) is 12.1 Å². The van der Waals surface area contributed by atoms with Crippen LogP contribution in [0.4, 0.5) is 17.1 Å². The molecule has 8 heteroatoms. The number of nitrogens with zero attached hydrogens (tertiary/aromatic N) is 1. The molecule has 0 saturated carbocycles. The summed E-state index contributed by atoms with van der Waals surface area (Å²) in [5, 5.41) is 14.6. The maximum Gasteiger partial charge on any atom is 0.293 e. The van der Waals surface area contributed by atoms with Crippen LogP contribution in [0.5, 0.6) is 0 Å². The fourth-order valence-corrected chi connectivity index (χ4v) is 3.81. The Kier molecular flexibility index (Phi) is 5.60. The lowest BCUT2D eigenvalue weighted by Gasteiger charge is -2.16. The van der Waals surface area contributed by atoms with Gasteiger partial charge in [0.1, 0.15) is 5.69 Å². The van der Waals surface area contributed by atoms with Crippen molar-refractivity contribution in [3.05, 3.63) is 94.5 Å². The third-order valence-electron chi connectivity index (χ3n) is 4.17. The maximum absolute atomic E-state index is 12.6. The van der Waals surface area contributed by atoms with E-state index in [-0.39, 0.29) is 22.3 Å². The first kappa shape index (κ1) is 19.4. The fraction of sp³-hybridized carbons (Fsp3) is 0.100. The topological polar surface area (TPSA) is 101 Å². The molecule has 0 aliphatic heterocycles. The molecule has 0 unspecified atom stereocenters. The van der Waals surface area contributed by atoms with E-state index in [4.69, 9.17) is 0 Å². The first-order valence-corrected chi connectivity index (χ1v) is 10.0. The highest BCUT2D eigenvalue weighted by Crippen LogP contribution is 2.31. The molecular weight excluding hydrogens is 378 g/mol. The van der Waals surface area contributed by atoms with Gasteiger partial charge in [-0.15, -0.1) is 0 Å². The van der Waals surface area contributed by atoms with E-state index in [0.29, 0.717) is 5.69 Å². The molecule has 0 amide bonds. The zero-order valence-corrected chi connectivity index (χ0v) is 15.9. The highest BCUT2D eigenvalue weighted by Gasteiger charge is 2.22. The zero-order valence-electron chi connectivity index (χ0n) is 15.1. The smallest absolute Gasteiger partial charge is 0.293 e. The van der Waals surface area contributed by atoms with Crippen molar-refractivity contribution in [3.63, 3.8) is 0 Å². The van der Waals surface area contributed by atoms with E-state index in [9.17, 15) is 18.5 Å². The second-order valence-corrected chi connectivity index (χ2v) is 7.87. The third-order valence-corrected chi connectivity index (χ3v) is 5.55. The molecule has 1 atom stereocenters. The van der Waals surface area contributed by atoms with Gasteiger partial charge in [0, 0.05) is 17.8 Å². The van der Waals surface area contributed by atoms with Crippen molar-refractivity contribution in [3.8, 4) is 0 Å². The highest BCUT2D eigenvalue weighted by molar-refractivity contribution is 7.92. The van der Waals surface area contributed by atoms with Gasteiger partial charge in [-0.1, -0.05) is 48.5 Å². The van der Waals surface area contributed by atoms with E-state index in [1.807, 2.05) is 37.3 Å². The van der Waals surface area contributed by atoms with Gasteiger partial charge in [0.2, 0.25) is 0 Å². The van der Waals surface area contributed by atoms with Crippen LogP contribution in [0.2, 0.25) is 0 Å². The number of sulfonamides is 1. The van der Waals surface area contributed by atoms with Gasteiger partial charge in [-0.3, -0.25) is 14.8 Å². The van der Waals surface area contributed by atoms with Crippen molar-refractivity contribution < 1.29 is 13.3 Å². The molecule has 3 rings (SSSR count). The van der Waals surface area contributed by atoms with Gasteiger partial charge >= 0.3 is 0 Å². The van der Waals surface area contributed by atoms with Crippen LogP contribution < -0.4 is 10.0 Å². The minimum absolute atomic E-state index is 0.180. The summed E-state index contributed by atoms with van der Waals surface area (Å²) >= 11 is 0. The summed E-state index contributed by atoms with van der Waals surface area (Å²) in [6.45, 7) is 1.88. The summed E-state index contributed by atoms with van der Waals surface area (Å²) in [4.78, 5) is 10.8. The Morgan fingerprint density at radius 3 is 2.14 bits per heavy atom. The van der Waals surface area contributed by atoms with Crippen molar-refractivity contribution in [1.82, 2.24) is 0 Å². The van der Waals surface area contributed by atoms with Gasteiger partial charge in [0.25, 0.3) is 15.7 Å². The average Bonchev–Trinajstić information content (AvgIpc) is 2.69. The second-order valence-electron chi connectivity index (χ2n) is 6.18. The largest absolute Gasteiger partial charge is 0.373 e. The lowest BCUT2D eigenvalue weighted by Crippen LogP contribution is -2.14. The quantitative estimate of drug-likeness (QED) is 0.449. The minimum Gasteiger partial charge on any atom is -0.373 e. The molecule has 0 aromatic heterocycles. The van der Waals surface area contributed by atoms with E-state index in [0.717, 1.165) is 11.6 Å². The number of rotatable bonds is 7. The Labute approximate surface area is 163 Å². The standard InChI is InChI=1S/C20H19N3O4S/c1-15(16-8-4-2-5-9-16)21-19-13-12-18(14-20(19)23(24)25)28(26,27)22-17-10-6-3-7-11-17/h2-15,21-22H,1H3/t15-/m0/s1.